The lowest BCUT2D eigenvalue weighted by molar-refractivity contribution is -0.130. The SMILES string of the molecule is CC1CC(=O)N(c2ccc(Oc3ccccc3)cc2)C(=O)C1. The molecule has 0 N–H and O–H groups in total. The van der Waals surface area contributed by atoms with E-state index in [1.54, 1.807) is 24.3 Å². The summed E-state index contributed by atoms with van der Waals surface area (Å²) in [5, 5.41) is 0. The van der Waals surface area contributed by atoms with E-state index in [1.165, 1.54) is 4.90 Å². The number of amides is 2. The van der Waals surface area contributed by atoms with E-state index in [1.807, 2.05) is 37.3 Å². The number of anilines is 1. The van der Waals surface area contributed by atoms with E-state index in [0.29, 0.717) is 24.3 Å². The molecule has 112 valence electrons. The maximum atomic E-state index is 12.1. The minimum atomic E-state index is -0.138. The largest absolute Gasteiger partial charge is 0.457 e. The molecule has 2 aromatic carbocycles. The summed E-state index contributed by atoms with van der Waals surface area (Å²) in [5.74, 6) is 1.26. The van der Waals surface area contributed by atoms with Crippen molar-refractivity contribution in [2.75, 3.05) is 4.90 Å². The monoisotopic (exact) mass is 295 g/mol. The number of nitrogens with zero attached hydrogens (tertiary/aromatic N) is 1. The molecule has 0 aliphatic carbocycles. The molecule has 0 atom stereocenters. The van der Waals surface area contributed by atoms with E-state index in [9.17, 15) is 9.59 Å². The maximum absolute atomic E-state index is 12.1. The number of rotatable bonds is 3. The highest BCUT2D eigenvalue weighted by atomic mass is 16.5. The van der Waals surface area contributed by atoms with Crippen molar-refractivity contribution in [3.05, 3.63) is 54.6 Å². The minimum Gasteiger partial charge on any atom is -0.457 e. The fraction of sp³-hybridized carbons (Fsp3) is 0.222. The van der Waals surface area contributed by atoms with Crippen molar-refractivity contribution in [1.82, 2.24) is 0 Å². The van der Waals surface area contributed by atoms with Crippen molar-refractivity contribution in [3.63, 3.8) is 0 Å². The van der Waals surface area contributed by atoms with Gasteiger partial charge in [0.15, 0.2) is 0 Å². The fourth-order valence-corrected chi connectivity index (χ4v) is 2.57. The summed E-state index contributed by atoms with van der Waals surface area (Å²) in [6.07, 6.45) is 0.821. The molecule has 0 unspecified atom stereocenters. The van der Waals surface area contributed by atoms with Crippen molar-refractivity contribution in [1.29, 1.82) is 0 Å². The maximum Gasteiger partial charge on any atom is 0.234 e. The standard InChI is InChI=1S/C18H17NO3/c1-13-11-17(20)19(18(21)12-13)14-7-9-16(10-8-14)22-15-5-3-2-4-6-15/h2-10,13H,11-12H2,1H3. The first kappa shape index (κ1) is 14.3. The Bertz CT molecular complexity index is 661. The van der Waals surface area contributed by atoms with E-state index >= 15 is 0 Å². The third kappa shape index (κ3) is 3.01. The van der Waals surface area contributed by atoms with Crippen molar-refractivity contribution in [2.45, 2.75) is 19.8 Å². The number of ether oxygens (including phenoxy) is 1. The van der Waals surface area contributed by atoms with Crippen LogP contribution < -0.4 is 9.64 Å². The predicted octanol–water partition coefficient (Wildman–Crippen LogP) is 3.77. The van der Waals surface area contributed by atoms with E-state index in [4.69, 9.17) is 4.74 Å². The summed E-state index contributed by atoms with van der Waals surface area (Å²) in [4.78, 5) is 25.4. The Morgan fingerprint density at radius 3 is 2.00 bits per heavy atom. The zero-order valence-electron chi connectivity index (χ0n) is 12.4. The van der Waals surface area contributed by atoms with E-state index < -0.39 is 0 Å². The Morgan fingerprint density at radius 2 is 1.41 bits per heavy atom. The average molecular weight is 295 g/mol. The van der Waals surface area contributed by atoms with Gasteiger partial charge in [-0.05, 0) is 42.3 Å². The highest BCUT2D eigenvalue weighted by molar-refractivity contribution is 6.16. The highest BCUT2D eigenvalue weighted by Crippen LogP contribution is 2.28. The number of piperidine rings is 1. The molecular formula is C18H17NO3. The van der Waals surface area contributed by atoms with E-state index in [-0.39, 0.29) is 17.7 Å². The van der Waals surface area contributed by atoms with Crippen molar-refractivity contribution in [3.8, 4) is 11.5 Å². The molecule has 22 heavy (non-hydrogen) atoms. The molecule has 1 aliphatic heterocycles. The Kier molecular flexibility index (Phi) is 3.92. The van der Waals surface area contributed by atoms with Crippen LogP contribution >= 0.6 is 0 Å². The van der Waals surface area contributed by atoms with Gasteiger partial charge in [-0.1, -0.05) is 25.1 Å². The van der Waals surface area contributed by atoms with Crippen LogP contribution in [0.2, 0.25) is 0 Å². The fourth-order valence-electron chi connectivity index (χ4n) is 2.57. The predicted molar refractivity (Wildman–Crippen MR) is 83.8 cm³/mol. The molecule has 0 radical (unpaired) electrons. The van der Waals surface area contributed by atoms with Crippen LogP contribution in [-0.2, 0) is 9.59 Å². The van der Waals surface area contributed by atoms with Crippen LogP contribution in [0.4, 0.5) is 5.69 Å². The first-order valence-electron chi connectivity index (χ1n) is 7.32. The van der Waals surface area contributed by atoms with E-state index in [2.05, 4.69) is 0 Å². The normalized spacial score (nSPS) is 16.0. The summed E-state index contributed by atoms with van der Waals surface area (Å²) in [6, 6.07) is 16.5. The van der Waals surface area contributed by atoms with Gasteiger partial charge in [0, 0.05) is 12.8 Å². The quantitative estimate of drug-likeness (QED) is 0.810. The van der Waals surface area contributed by atoms with Gasteiger partial charge in [0.1, 0.15) is 11.5 Å². The van der Waals surface area contributed by atoms with Crippen molar-refractivity contribution in [2.24, 2.45) is 5.92 Å². The van der Waals surface area contributed by atoms with Gasteiger partial charge in [0.25, 0.3) is 0 Å². The second-order valence-corrected chi connectivity index (χ2v) is 5.55. The number of para-hydroxylation sites is 1. The average Bonchev–Trinajstić information content (AvgIpc) is 2.49. The number of imide groups is 1. The molecule has 2 amide bonds. The molecule has 1 fully saturated rings. The number of hydrogen-bond donors (Lipinski definition) is 0. The van der Waals surface area contributed by atoms with Crippen LogP contribution in [0, 0.1) is 5.92 Å². The Morgan fingerprint density at radius 1 is 0.864 bits per heavy atom. The number of carbonyl (C=O) groups excluding carboxylic acids is 2. The van der Waals surface area contributed by atoms with Crippen LogP contribution in [0.3, 0.4) is 0 Å². The zero-order chi connectivity index (χ0) is 15.5. The number of hydrogen-bond acceptors (Lipinski definition) is 3. The molecule has 0 aromatic heterocycles. The number of carbonyl (C=O) groups is 2. The lowest BCUT2D eigenvalue weighted by Gasteiger charge is -2.28. The van der Waals surface area contributed by atoms with Crippen LogP contribution in [0.1, 0.15) is 19.8 Å². The molecule has 3 rings (SSSR count). The zero-order valence-corrected chi connectivity index (χ0v) is 12.4. The topological polar surface area (TPSA) is 46.6 Å². The van der Waals surface area contributed by atoms with Crippen LogP contribution in [0.5, 0.6) is 11.5 Å². The second-order valence-electron chi connectivity index (χ2n) is 5.55. The first-order valence-corrected chi connectivity index (χ1v) is 7.32. The second kappa shape index (κ2) is 6.02. The summed E-state index contributed by atoms with van der Waals surface area (Å²) in [6.45, 7) is 1.92. The van der Waals surface area contributed by atoms with Gasteiger partial charge in [-0.2, -0.15) is 0 Å². The molecule has 1 aliphatic rings. The molecular weight excluding hydrogens is 278 g/mol. The molecule has 4 heteroatoms. The molecule has 0 saturated carbocycles. The Balaban J connectivity index is 1.76. The van der Waals surface area contributed by atoms with Gasteiger partial charge in [0.2, 0.25) is 11.8 Å². The molecule has 2 aromatic rings. The minimum absolute atomic E-state index is 0.122. The summed E-state index contributed by atoms with van der Waals surface area (Å²) < 4.78 is 5.70. The summed E-state index contributed by atoms with van der Waals surface area (Å²) in [7, 11) is 0. The van der Waals surface area contributed by atoms with Crippen LogP contribution in [-0.4, -0.2) is 11.8 Å². The van der Waals surface area contributed by atoms with Gasteiger partial charge >= 0.3 is 0 Å². The van der Waals surface area contributed by atoms with Gasteiger partial charge < -0.3 is 4.74 Å². The lowest BCUT2D eigenvalue weighted by Crippen LogP contribution is -2.42. The van der Waals surface area contributed by atoms with Crippen molar-refractivity contribution >= 4 is 17.5 Å². The van der Waals surface area contributed by atoms with Gasteiger partial charge in [0.05, 0.1) is 5.69 Å². The molecule has 0 spiro atoms. The Labute approximate surface area is 129 Å². The number of benzene rings is 2. The lowest BCUT2D eigenvalue weighted by atomic mass is 9.97. The smallest absolute Gasteiger partial charge is 0.234 e. The first-order chi connectivity index (χ1) is 10.6. The van der Waals surface area contributed by atoms with Crippen molar-refractivity contribution < 1.29 is 14.3 Å². The van der Waals surface area contributed by atoms with Crippen LogP contribution in [0.25, 0.3) is 0 Å². The van der Waals surface area contributed by atoms with Gasteiger partial charge in [-0.25, -0.2) is 0 Å². The molecule has 0 bridgehead atoms. The third-order valence-corrected chi connectivity index (χ3v) is 3.62. The molecule has 1 saturated heterocycles. The van der Waals surface area contributed by atoms with Gasteiger partial charge in [-0.3, -0.25) is 14.5 Å². The van der Waals surface area contributed by atoms with Crippen LogP contribution in [0.15, 0.2) is 54.6 Å². The highest BCUT2D eigenvalue weighted by Gasteiger charge is 2.31. The molecule has 4 nitrogen and oxygen atoms in total. The molecule has 1 heterocycles. The summed E-state index contributed by atoms with van der Waals surface area (Å²) >= 11 is 0. The van der Waals surface area contributed by atoms with E-state index in [0.717, 1.165) is 5.75 Å². The van der Waals surface area contributed by atoms with Gasteiger partial charge in [-0.15, -0.1) is 0 Å². The summed E-state index contributed by atoms with van der Waals surface area (Å²) in [5.41, 5.74) is 0.599. The Hall–Kier alpha value is -2.62. The third-order valence-electron chi connectivity index (χ3n) is 3.62.